The van der Waals surface area contributed by atoms with Crippen LogP contribution < -0.4 is 0 Å². The standard InChI is InChI=1S/C9H8F2O5/c1-2-15-9(14)5-4(8(12)13)3-16-6(5)7(10)11/h3,7H,2H2,1H3,(H,12,13). The average molecular weight is 234 g/mol. The summed E-state index contributed by atoms with van der Waals surface area (Å²) in [5.74, 6) is -3.65. The molecule has 16 heavy (non-hydrogen) atoms. The van der Waals surface area contributed by atoms with E-state index in [0.29, 0.717) is 6.26 Å². The highest BCUT2D eigenvalue weighted by Gasteiger charge is 2.30. The number of ether oxygens (including phenoxy) is 1. The van der Waals surface area contributed by atoms with E-state index in [0.717, 1.165) is 0 Å². The number of carboxylic acids is 1. The maximum atomic E-state index is 12.4. The van der Waals surface area contributed by atoms with E-state index in [1.165, 1.54) is 6.92 Å². The second-order valence-corrected chi connectivity index (χ2v) is 2.71. The summed E-state index contributed by atoms with van der Waals surface area (Å²) in [5.41, 5.74) is -1.36. The van der Waals surface area contributed by atoms with Crippen molar-refractivity contribution in [2.75, 3.05) is 6.61 Å². The number of aromatic carboxylic acids is 1. The summed E-state index contributed by atoms with van der Waals surface area (Å²) >= 11 is 0. The van der Waals surface area contributed by atoms with E-state index in [2.05, 4.69) is 9.15 Å². The Kier molecular flexibility index (Phi) is 3.60. The molecule has 0 amide bonds. The normalized spacial score (nSPS) is 10.5. The van der Waals surface area contributed by atoms with Crippen molar-refractivity contribution in [1.29, 1.82) is 0 Å². The molecule has 1 heterocycles. The van der Waals surface area contributed by atoms with E-state index >= 15 is 0 Å². The first-order valence-electron chi connectivity index (χ1n) is 4.29. The lowest BCUT2D eigenvalue weighted by Gasteiger charge is -2.02. The van der Waals surface area contributed by atoms with Crippen LogP contribution in [0.5, 0.6) is 0 Å². The molecular weight excluding hydrogens is 226 g/mol. The molecule has 1 N–H and O–H groups in total. The quantitative estimate of drug-likeness (QED) is 0.807. The molecule has 0 radical (unpaired) electrons. The molecule has 1 aromatic heterocycles. The van der Waals surface area contributed by atoms with Gasteiger partial charge in [0.05, 0.1) is 6.61 Å². The van der Waals surface area contributed by atoms with Gasteiger partial charge in [0.15, 0.2) is 5.76 Å². The largest absolute Gasteiger partial charge is 0.478 e. The molecule has 1 rings (SSSR count). The molecule has 7 heteroatoms. The minimum absolute atomic E-state index is 0.0499. The monoisotopic (exact) mass is 234 g/mol. The number of carboxylic acid groups (broad SMARTS) is 1. The van der Waals surface area contributed by atoms with Crippen LogP contribution in [0.2, 0.25) is 0 Å². The molecule has 0 unspecified atom stereocenters. The summed E-state index contributed by atoms with van der Waals surface area (Å²) in [6.45, 7) is 1.42. The molecule has 0 aliphatic rings. The zero-order valence-electron chi connectivity index (χ0n) is 8.20. The number of halogens is 2. The Morgan fingerprint density at radius 2 is 2.19 bits per heavy atom. The van der Waals surface area contributed by atoms with Gasteiger partial charge in [-0.05, 0) is 6.92 Å². The summed E-state index contributed by atoms with van der Waals surface area (Å²) in [5, 5.41) is 8.67. The predicted octanol–water partition coefficient (Wildman–Crippen LogP) is 2.09. The molecule has 0 saturated heterocycles. The molecule has 88 valence electrons. The summed E-state index contributed by atoms with van der Waals surface area (Å²) in [6.07, 6.45) is -2.48. The minimum atomic E-state index is -3.08. The smallest absolute Gasteiger partial charge is 0.342 e. The Labute approximate surface area is 88.6 Å². The van der Waals surface area contributed by atoms with Crippen LogP contribution in [0.15, 0.2) is 10.7 Å². The van der Waals surface area contributed by atoms with Gasteiger partial charge in [-0.3, -0.25) is 0 Å². The number of rotatable bonds is 4. The van der Waals surface area contributed by atoms with Crippen molar-refractivity contribution in [3.05, 3.63) is 23.2 Å². The number of hydrogen-bond acceptors (Lipinski definition) is 4. The van der Waals surface area contributed by atoms with Gasteiger partial charge in [0.25, 0.3) is 6.43 Å². The molecule has 0 aromatic carbocycles. The van der Waals surface area contributed by atoms with Gasteiger partial charge in [-0.1, -0.05) is 0 Å². The second kappa shape index (κ2) is 4.73. The lowest BCUT2D eigenvalue weighted by Crippen LogP contribution is -2.11. The predicted molar refractivity (Wildman–Crippen MR) is 46.6 cm³/mol. The van der Waals surface area contributed by atoms with Crippen LogP contribution in [-0.2, 0) is 4.74 Å². The topological polar surface area (TPSA) is 76.7 Å². The van der Waals surface area contributed by atoms with Crippen LogP contribution in [0.1, 0.15) is 39.8 Å². The van der Waals surface area contributed by atoms with Crippen molar-refractivity contribution in [3.63, 3.8) is 0 Å². The molecular formula is C9H8F2O5. The Morgan fingerprint density at radius 3 is 2.62 bits per heavy atom. The van der Waals surface area contributed by atoms with Crippen LogP contribution >= 0.6 is 0 Å². The zero-order chi connectivity index (χ0) is 12.3. The van der Waals surface area contributed by atoms with E-state index in [1.54, 1.807) is 0 Å². The first kappa shape index (κ1) is 12.2. The molecule has 0 bridgehead atoms. The van der Waals surface area contributed by atoms with Gasteiger partial charge < -0.3 is 14.3 Å². The number of furan rings is 1. The average Bonchev–Trinajstić information content (AvgIpc) is 2.61. The van der Waals surface area contributed by atoms with Crippen LogP contribution in [0.4, 0.5) is 8.78 Å². The fraction of sp³-hybridized carbons (Fsp3) is 0.333. The number of esters is 1. The molecule has 1 aromatic rings. The van der Waals surface area contributed by atoms with Gasteiger partial charge in [-0.15, -0.1) is 0 Å². The Bertz CT molecular complexity index is 410. The van der Waals surface area contributed by atoms with Crippen LogP contribution in [-0.4, -0.2) is 23.7 Å². The van der Waals surface area contributed by atoms with Gasteiger partial charge in [-0.25, -0.2) is 18.4 Å². The molecule has 0 aliphatic heterocycles. The molecule has 0 spiro atoms. The maximum absolute atomic E-state index is 12.4. The number of carbonyl (C=O) groups excluding carboxylic acids is 1. The minimum Gasteiger partial charge on any atom is -0.478 e. The Hall–Kier alpha value is -1.92. The summed E-state index contributed by atoms with van der Waals surface area (Å²) in [7, 11) is 0. The lowest BCUT2D eigenvalue weighted by atomic mass is 10.1. The second-order valence-electron chi connectivity index (χ2n) is 2.71. The Morgan fingerprint density at radius 1 is 1.56 bits per heavy atom. The van der Waals surface area contributed by atoms with Crippen molar-refractivity contribution >= 4 is 11.9 Å². The highest BCUT2D eigenvalue weighted by Crippen LogP contribution is 2.28. The SMILES string of the molecule is CCOC(=O)c1c(C(=O)O)coc1C(F)F. The lowest BCUT2D eigenvalue weighted by molar-refractivity contribution is 0.0497. The summed E-state index contributed by atoms with van der Waals surface area (Å²) < 4.78 is 33.6. The fourth-order valence-corrected chi connectivity index (χ4v) is 1.10. The third-order valence-corrected chi connectivity index (χ3v) is 1.73. The van der Waals surface area contributed by atoms with E-state index in [4.69, 9.17) is 5.11 Å². The fourth-order valence-electron chi connectivity index (χ4n) is 1.10. The first-order chi connectivity index (χ1) is 7.49. The van der Waals surface area contributed by atoms with Gasteiger partial charge in [0, 0.05) is 0 Å². The number of hydrogen-bond donors (Lipinski definition) is 1. The van der Waals surface area contributed by atoms with Crippen molar-refractivity contribution in [3.8, 4) is 0 Å². The van der Waals surface area contributed by atoms with Crippen molar-refractivity contribution in [2.45, 2.75) is 13.3 Å². The third-order valence-electron chi connectivity index (χ3n) is 1.73. The van der Waals surface area contributed by atoms with Crippen molar-refractivity contribution in [2.24, 2.45) is 0 Å². The highest BCUT2D eigenvalue weighted by atomic mass is 19.3. The van der Waals surface area contributed by atoms with E-state index in [-0.39, 0.29) is 6.61 Å². The van der Waals surface area contributed by atoms with Gasteiger partial charge in [0.2, 0.25) is 0 Å². The van der Waals surface area contributed by atoms with Gasteiger partial charge in [-0.2, -0.15) is 0 Å². The van der Waals surface area contributed by atoms with Crippen LogP contribution in [0, 0.1) is 0 Å². The van der Waals surface area contributed by atoms with E-state index in [1.807, 2.05) is 0 Å². The molecule has 5 nitrogen and oxygen atoms in total. The highest BCUT2D eigenvalue weighted by molar-refractivity contribution is 6.03. The Balaban J connectivity index is 3.24. The third kappa shape index (κ3) is 2.18. The number of carbonyl (C=O) groups is 2. The zero-order valence-corrected chi connectivity index (χ0v) is 8.20. The maximum Gasteiger partial charge on any atom is 0.342 e. The molecule has 0 saturated carbocycles. The number of alkyl halides is 2. The first-order valence-corrected chi connectivity index (χ1v) is 4.29. The molecule has 0 atom stereocenters. The van der Waals surface area contributed by atoms with Crippen LogP contribution in [0.3, 0.4) is 0 Å². The summed E-state index contributed by atoms with van der Waals surface area (Å²) in [6, 6.07) is 0. The van der Waals surface area contributed by atoms with Crippen LogP contribution in [0.25, 0.3) is 0 Å². The van der Waals surface area contributed by atoms with E-state index in [9.17, 15) is 18.4 Å². The van der Waals surface area contributed by atoms with Gasteiger partial charge in [0.1, 0.15) is 17.4 Å². The van der Waals surface area contributed by atoms with E-state index < -0.39 is 35.3 Å². The molecule has 0 fully saturated rings. The van der Waals surface area contributed by atoms with Gasteiger partial charge >= 0.3 is 11.9 Å². The molecule has 0 aliphatic carbocycles. The van der Waals surface area contributed by atoms with Crippen molar-refractivity contribution in [1.82, 2.24) is 0 Å². The van der Waals surface area contributed by atoms with Crippen molar-refractivity contribution < 1.29 is 32.6 Å². The summed E-state index contributed by atoms with van der Waals surface area (Å²) in [4.78, 5) is 21.9.